The molecular weight excluding hydrogens is 748 g/mol. The van der Waals surface area contributed by atoms with Gasteiger partial charge in [0.25, 0.3) is 5.91 Å². The van der Waals surface area contributed by atoms with Gasteiger partial charge >= 0.3 is 12.2 Å². The van der Waals surface area contributed by atoms with Crippen molar-refractivity contribution < 1.29 is 47.8 Å². The Labute approximate surface area is 344 Å². The fourth-order valence-corrected chi connectivity index (χ4v) is 6.11. The summed E-state index contributed by atoms with van der Waals surface area (Å²) in [7, 11) is 0. The molecule has 1 saturated heterocycles. The van der Waals surface area contributed by atoms with Crippen molar-refractivity contribution in [3.63, 3.8) is 0 Å². The molecule has 6 amide bonds. The van der Waals surface area contributed by atoms with Crippen LogP contribution in [0.1, 0.15) is 120 Å². The van der Waals surface area contributed by atoms with Crippen molar-refractivity contribution >= 4 is 41.6 Å². The molecule has 0 aromatic heterocycles. The van der Waals surface area contributed by atoms with Crippen LogP contribution in [0.3, 0.4) is 0 Å². The molecule has 0 spiro atoms. The van der Waals surface area contributed by atoms with Crippen molar-refractivity contribution in [1.29, 1.82) is 0 Å². The van der Waals surface area contributed by atoms with E-state index >= 15 is 0 Å². The van der Waals surface area contributed by atoms with Crippen molar-refractivity contribution in [1.82, 2.24) is 31.5 Å². The van der Waals surface area contributed by atoms with E-state index in [9.17, 15) is 33.6 Å². The lowest BCUT2D eigenvalue weighted by molar-refractivity contribution is -0.144. The van der Waals surface area contributed by atoms with E-state index in [1.165, 1.54) is 4.90 Å². The minimum Gasteiger partial charge on any atom is -0.449 e. The van der Waals surface area contributed by atoms with E-state index in [-0.39, 0.29) is 38.5 Å². The summed E-state index contributed by atoms with van der Waals surface area (Å²) in [5.41, 5.74) is -1.42. The second-order valence-corrected chi connectivity index (χ2v) is 18.2. The molecule has 326 valence electrons. The van der Waals surface area contributed by atoms with E-state index in [0.717, 1.165) is 0 Å². The summed E-state index contributed by atoms with van der Waals surface area (Å²) in [5, 5.41) is 13.2. The second kappa shape index (κ2) is 21.9. The van der Waals surface area contributed by atoms with Gasteiger partial charge in [0.05, 0.1) is 36.9 Å². The van der Waals surface area contributed by atoms with Crippen molar-refractivity contribution in [3.05, 3.63) is 35.9 Å². The second-order valence-electron chi connectivity index (χ2n) is 18.2. The average molecular weight is 817 g/mol. The van der Waals surface area contributed by atoms with Crippen LogP contribution in [0.5, 0.6) is 0 Å². The molecule has 16 nitrogen and oxygen atoms in total. The first kappa shape index (κ1) is 49.4. The van der Waals surface area contributed by atoms with Gasteiger partial charge in [-0.2, -0.15) is 0 Å². The number of rotatable bonds is 18. The summed E-state index contributed by atoms with van der Waals surface area (Å²) < 4.78 is 16.9. The topological polar surface area (TPSA) is 211 Å². The van der Waals surface area contributed by atoms with Gasteiger partial charge in [-0.3, -0.25) is 24.0 Å². The predicted octanol–water partition coefficient (Wildman–Crippen LogP) is 4.31. The highest BCUT2D eigenvalue weighted by Crippen LogP contribution is 2.29. The molecule has 2 rings (SSSR count). The number of amides is 6. The maximum Gasteiger partial charge on any atom is 0.408 e. The molecule has 1 aromatic rings. The SMILES string of the molecule is CCCCC(NC(=O)[C@@H]1C[C@@H](OC(C)(C)C)CN1C(=O)[C@@H](NC(=O)OCC(C)C)C(C)(C)C)C(=O)C(=O)NCC(=O)NC[C@@H](NC(=O)OC(C)(C)C)c1ccccc1. The molecule has 5 N–H and O–H groups in total. The largest absolute Gasteiger partial charge is 0.449 e. The number of ether oxygens (including phenoxy) is 3. The number of carbonyl (C=O) groups is 7. The van der Waals surface area contributed by atoms with Crippen LogP contribution in [0.15, 0.2) is 30.3 Å². The van der Waals surface area contributed by atoms with Gasteiger partial charge < -0.3 is 45.7 Å². The van der Waals surface area contributed by atoms with E-state index in [0.29, 0.717) is 18.4 Å². The van der Waals surface area contributed by atoms with Crippen LogP contribution in [0.25, 0.3) is 0 Å². The van der Waals surface area contributed by atoms with Gasteiger partial charge in [-0.05, 0) is 64.9 Å². The normalized spacial score (nSPS) is 17.4. The number of unbranched alkanes of at least 4 members (excludes halogenated alkanes) is 1. The quantitative estimate of drug-likeness (QED) is 0.133. The molecule has 0 radical (unpaired) electrons. The van der Waals surface area contributed by atoms with E-state index in [1.54, 1.807) is 65.8 Å². The highest BCUT2D eigenvalue weighted by molar-refractivity contribution is 6.38. The summed E-state index contributed by atoms with van der Waals surface area (Å²) >= 11 is 0. The van der Waals surface area contributed by atoms with Crippen molar-refractivity contribution in [2.75, 3.05) is 26.2 Å². The summed E-state index contributed by atoms with van der Waals surface area (Å²) in [6, 6.07) is 4.88. The number of nitrogens with zero attached hydrogens (tertiary/aromatic N) is 1. The molecule has 1 unspecified atom stereocenters. The monoisotopic (exact) mass is 816 g/mol. The number of benzene rings is 1. The molecule has 16 heteroatoms. The Morgan fingerprint density at radius 1 is 0.828 bits per heavy atom. The maximum atomic E-state index is 14.2. The summed E-state index contributed by atoms with van der Waals surface area (Å²) in [6.07, 6.45) is -0.588. The molecular formula is C42H68N6O10. The Hall–Kier alpha value is -4.73. The third-order valence-corrected chi connectivity index (χ3v) is 8.80. The number of alkyl carbamates (subject to hydrolysis) is 2. The van der Waals surface area contributed by atoms with Gasteiger partial charge in [-0.1, -0.05) is 84.7 Å². The number of ketones is 1. The summed E-state index contributed by atoms with van der Waals surface area (Å²) in [5.74, 6) is -3.76. The zero-order valence-electron chi connectivity index (χ0n) is 36.5. The third-order valence-electron chi connectivity index (χ3n) is 8.80. The smallest absolute Gasteiger partial charge is 0.408 e. The molecule has 1 fully saturated rings. The van der Waals surface area contributed by atoms with Gasteiger partial charge in [0.1, 0.15) is 17.7 Å². The van der Waals surface area contributed by atoms with Crippen molar-refractivity contribution in [2.24, 2.45) is 11.3 Å². The van der Waals surface area contributed by atoms with Crippen LogP contribution in [-0.2, 0) is 38.2 Å². The van der Waals surface area contributed by atoms with E-state index < -0.39 is 95.0 Å². The molecule has 1 aliphatic rings. The van der Waals surface area contributed by atoms with Gasteiger partial charge in [0.15, 0.2) is 0 Å². The minimum atomic E-state index is -1.25. The lowest BCUT2D eigenvalue weighted by Crippen LogP contribution is -2.59. The van der Waals surface area contributed by atoms with Crippen molar-refractivity contribution in [3.8, 4) is 0 Å². The zero-order chi connectivity index (χ0) is 44.0. The van der Waals surface area contributed by atoms with E-state index in [2.05, 4.69) is 26.6 Å². The zero-order valence-corrected chi connectivity index (χ0v) is 36.5. The van der Waals surface area contributed by atoms with Crippen LogP contribution in [0.2, 0.25) is 0 Å². The molecule has 1 heterocycles. The number of hydrogen-bond acceptors (Lipinski definition) is 10. The van der Waals surface area contributed by atoms with Crippen LogP contribution in [0.4, 0.5) is 9.59 Å². The van der Waals surface area contributed by atoms with Crippen LogP contribution < -0.4 is 26.6 Å². The number of carbonyl (C=O) groups excluding carboxylic acids is 7. The molecule has 0 bridgehead atoms. The number of hydrogen-bond donors (Lipinski definition) is 5. The number of nitrogens with one attached hydrogen (secondary N) is 5. The van der Waals surface area contributed by atoms with Gasteiger partial charge in [-0.15, -0.1) is 0 Å². The highest BCUT2D eigenvalue weighted by atomic mass is 16.6. The lowest BCUT2D eigenvalue weighted by Gasteiger charge is -2.35. The Balaban J connectivity index is 2.20. The van der Waals surface area contributed by atoms with E-state index in [1.807, 2.05) is 47.6 Å². The Bertz CT molecular complexity index is 1560. The Morgan fingerprint density at radius 3 is 2.02 bits per heavy atom. The fraction of sp³-hybridized carbons (Fsp3) is 0.690. The van der Waals surface area contributed by atoms with Gasteiger partial charge in [0.2, 0.25) is 23.5 Å². The lowest BCUT2D eigenvalue weighted by atomic mass is 9.85. The Kier molecular flexibility index (Phi) is 18.6. The summed E-state index contributed by atoms with van der Waals surface area (Å²) in [4.78, 5) is 94.5. The maximum absolute atomic E-state index is 14.2. The first-order valence-electron chi connectivity index (χ1n) is 20.2. The van der Waals surface area contributed by atoms with Gasteiger partial charge in [-0.25, -0.2) is 9.59 Å². The first-order chi connectivity index (χ1) is 26.8. The first-order valence-corrected chi connectivity index (χ1v) is 20.2. The standard InChI is InChI=1S/C42H68N6O10/c1-13-14-20-29(33(50)36(52)44-23-32(49)43-22-30(27-18-16-15-17-19-27)46-39(55)58-42(10,11)12)45-35(51)31-21-28(57-41(7,8)9)24-48(31)37(53)34(40(4,5)6)47-38(54)56-25-26(2)3/h15-19,26,28-31,34H,13-14,20-25H2,1-12H3,(H,43,49)(H,44,52)(H,45,51)(H,46,55)(H,47,54)/t28-,29?,30-,31+,34-/m1/s1. The van der Waals surface area contributed by atoms with Gasteiger partial charge in [0, 0.05) is 19.5 Å². The minimum absolute atomic E-state index is 0.0393. The molecule has 5 atom stereocenters. The number of Topliss-reactive ketones (excluding diaryl/α,β-unsaturated/α-hetero) is 1. The molecule has 1 aliphatic heterocycles. The van der Waals surface area contributed by atoms with Crippen LogP contribution >= 0.6 is 0 Å². The van der Waals surface area contributed by atoms with Crippen molar-refractivity contribution in [2.45, 2.75) is 150 Å². The van der Waals surface area contributed by atoms with E-state index in [4.69, 9.17) is 14.2 Å². The molecule has 1 aromatic carbocycles. The molecule has 0 aliphatic carbocycles. The Morgan fingerprint density at radius 2 is 1.47 bits per heavy atom. The summed E-state index contributed by atoms with van der Waals surface area (Å²) in [6.45, 7) is 21.4. The molecule has 0 saturated carbocycles. The highest BCUT2D eigenvalue weighted by Gasteiger charge is 2.47. The van der Waals surface area contributed by atoms with Crippen LogP contribution in [0, 0.1) is 11.3 Å². The predicted molar refractivity (Wildman–Crippen MR) is 218 cm³/mol. The fourth-order valence-electron chi connectivity index (χ4n) is 6.11. The number of likely N-dealkylation sites (tertiary alicyclic amines) is 1. The average Bonchev–Trinajstić information content (AvgIpc) is 3.53. The molecule has 58 heavy (non-hydrogen) atoms. The third kappa shape index (κ3) is 17.4. The van der Waals surface area contributed by atoms with Crippen LogP contribution in [-0.4, -0.2) is 108 Å².